The molecule has 0 spiro atoms. The van der Waals surface area contributed by atoms with Crippen LogP contribution in [0.3, 0.4) is 0 Å². The normalized spacial score (nSPS) is 12.3. The van der Waals surface area contributed by atoms with Crippen LogP contribution in [0.1, 0.15) is 21.5 Å². The zero-order valence-corrected chi connectivity index (χ0v) is 18.9. The number of ether oxygens (including phenoxy) is 1. The third-order valence-corrected chi connectivity index (χ3v) is 6.96. The van der Waals surface area contributed by atoms with Crippen LogP contribution in [0.4, 0.5) is 0 Å². The van der Waals surface area contributed by atoms with Crippen LogP contribution >= 0.6 is 23.5 Å². The van der Waals surface area contributed by atoms with Crippen LogP contribution in [0, 0.1) is 0 Å². The van der Waals surface area contributed by atoms with Crippen molar-refractivity contribution in [2.75, 3.05) is 21.3 Å². The van der Waals surface area contributed by atoms with Gasteiger partial charge in [-0.3, -0.25) is 9.36 Å². The average molecular weight is 484 g/mol. The second kappa shape index (κ2) is 10.7. The van der Waals surface area contributed by atoms with Crippen LogP contribution in [0.15, 0.2) is 53.0 Å². The van der Waals surface area contributed by atoms with Crippen LogP contribution in [0.25, 0.3) is 0 Å². The van der Waals surface area contributed by atoms with E-state index in [9.17, 15) is 14.2 Å². The van der Waals surface area contributed by atoms with Gasteiger partial charge in [0.1, 0.15) is 6.04 Å². The van der Waals surface area contributed by atoms with Gasteiger partial charge in [0.05, 0.1) is 13.3 Å². The summed E-state index contributed by atoms with van der Waals surface area (Å²) in [5.74, 6) is -0.951. The van der Waals surface area contributed by atoms with Gasteiger partial charge in [-0.15, -0.1) is 0 Å². The highest BCUT2D eigenvalue weighted by atomic mass is 79.9. The first-order valence-corrected chi connectivity index (χ1v) is 11.3. The number of benzene rings is 2. The molecule has 1 amide bonds. The van der Waals surface area contributed by atoms with E-state index in [0.29, 0.717) is 11.1 Å². The van der Waals surface area contributed by atoms with Crippen molar-refractivity contribution in [1.82, 2.24) is 5.32 Å². The first kappa shape index (κ1) is 23.3. The molecule has 29 heavy (non-hydrogen) atoms. The van der Waals surface area contributed by atoms with Gasteiger partial charge >= 0.3 is 13.6 Å². The molecule has 0 aliphatic heterocycles. The highest BCUT2D eigenvalue weighted by Gasteiger charge is 2.24. The molecule has 0 heterocycles. The predicted molar refractivity (Wildman–Crippen MR) is 113 cm³/mol. The average Bonchev–Trinajstić information content (AvgIpc) is 2.74. The molecule has 0 aliphatic carbocycles. The molecule has 0 aromatic heterocycles. The topological polar surface area (TPSA) is 90.9 Å². The largest absolute Gasteiger partial charge is 0.467 e. The van der Waals surface area contributed by atoms with E-state index in [1.807, 2.05) is 24.3 Å². The zero-order valence-electron chi connectivity index (χ0n) is 16.4. The Kier molecular flexibility index (Phi) is 8.59. The fourth-order valence-corrected chi connectivity index (χ4v) is 4.16. The fourth-order valence-electron chi connectivity index (χ4n) is 2.65. The summed E-state index contributed by atoms with van der Waals surface area (Å²) in [6.45, 7) is 0. The van der Waals surface area contributed by atoms with Crippen molar-refractivity contribution in [1.29, 1.82) is 0 Å². The lowest BCUT2D eigenvalue weighted by Gasteiger charge is -2.18. The number of methoxy groups -OCH3 is 1. The minimum absolute atomic E-state index is 0.0920. The fraction of sp³-hybridized carbons (Fsp3) is 0.300. The van der Waals surface area contributed by atoms with Crippen LogP contribution in [-0.2, 0) is 35.7 Å². The summed E-state index contributed by atoms with van der Waals surface area (Å²) in [5, 5.41) is 2.71. The Bertz CT molecular complexity index is 894. The molecule has 0 saturated heterocycles. The molecule has 2 aromatic carbocycles. The van der Waals surface area contributed by atoms with Gasteiger partial charge in [-0.2, -0.15) is 0 Å². The summed E-state index contributed by atoms with van der Waals surface area (Å²) < 4.78 is 27.7. The molecule has 0 aliphatic rings. The molecule has 0 fully saturated rings. The van der Waals surface area contributed by atoms with Gasteiger partial charge in [-0.1, -0.05) is 46.3 Å². The van der Waals surface area contributed by atoms with E-state index in [2.05, 4.69) is 21.2 Å². The van der Waals surface area contributed by atoms with Gasteiger partial charge in [-0.25, -0.2) is 4.79 Å². The minimum Gasteiger partial charge on any atom is -0.467 e. The Balaban J connectivity index is 2.12. The molecule has 156 valence electrons. The van der Waals surface area contributed by atoms with Crippen molar-refractivity contribution in [3.63, 3.8) is 0 Å². The third-order valence-electron chi connectivity index (χ3n) is 4.32. The number of hydrogen-bond acceptors (Lipinski definition) is 6. The number of halogens is 1. The number of rotatable bonds is 9. The number of carbonyl (C=O) groups excluding carboxylic acids is 2. The van der Waals surface area contributed by atoms with E-state index < -0.39 is 25.5 Å². The monoisotopic (exact) mass is 483 g/mol. The Morgan fingerprint density at radius 3 is 2.21 bits per heavy atom. The molecule has 2 aromatic rings. The van der Waals surface area contributed by atoms with Gasteiger partial charge in [0.2, 0.25) is 0 Å². The summed E-state index contributed by atoms with van der Waals surface area (Å²) in [6.07, 6.45) is 0.373. The lowest BCUT2D eigenvalue weighted by atomic mass is 10.1. The molecule has 1 N–H and O–H groups in total. The van der Waals surface area contributed by atoms with Crippen molar-refractivity contribution in [3.8, 4) is 0 Å². The van der Waals surface area contributed by atoms with Gasteiger partial charge in [0, 0.05) is 30.7 Å². The van der Waals surface area contributed by atoms with Crippen molar-refractivity contribution < 1.29 is 27.9 Å². The SMILES string of the molecule is COC(=O)[C@H](Cc1ccccc1Br)NC(=O)c1ccc(CP(=O)(OC)OC)cc1. The van der Waals surface area contributed by atoms with E-state index >= 15 is 0 Å². The summed E-state index contributed by atoms with van der Waals surface area (Å²) in [7, 11) is 0.734. The maximum atomic E-state index is 12.6. The number of hydrogen-bond donors (Lipinski definition) is 1. The highest BCUT2D eigenvalue weighted by molar-refractivity contribution is 9.10. The van der Waals surface area contributed by atoms with Crippen LogP contribution in [-0.4, -0.2) is 39.2 Å². The van der Waals surface area contributed by atoms with E-state index in [1.165, 1.54) is 21.3 Å². The lowest BCUT2D eigenvalue weighted by molar-refractivity contribution is -0.142. The first-order chi connectivity index (χ1) is 13.8. The molecule has 2 rings (SSSR count). The van der Waals surface area contributed by atoms with E-state index in [1.54, 1.807) is 24.3 Å². The molecular formula is C20H23BrNO6P. The third kappa shape index (κ3) is 6.51. The molecule has 0 radical (unpaired) electrons. The highest BCUT2D eigenvalue weighted by Crippen LogP contribution is 2.49. The van der Waals surface area contributed by atoms with Crippen LogP contribution < -0.4 is 5.32 Å². The molecule has 0 bridgehead atoms. The smallest absolute Gasteiger partial charge is 0.334 e. The molecule has 9 heteroatoms. The first-order valence-electron chi connectivity index (χ1n) is 8.73. The Morgan fingerprint density at radius 2 is 1.66 bits per heavy atom. The number of nitrogens with one attached hydrogen (secondary N) is 1. The van der Waals surface area contributed by atoms with Crippen LogP contribution in [0.5, 0.6) is 0 Å². The molecular weight excluding hydrogens is 461 g/mol. The van der Waals surface area contributed by atoms with Gasteiger partial charge in [0.15, 0.2) is 0 Å². The van der Waals surface area contributed by atoms with Crippen molar-refractivity contribution >= 4 is 35.4 Å². The molecule has 0 saturated carbocycles. The van der Waals surface area contributed by atoms with Crippen molar-refractivity contribution in [2.24, 2.45) is 0 Å². The molecule has 1 atom stereocenters. The van der Waals surface area contributed by atoms with Gasteiger partial charge in [0.25, 0.3) is 5.91 Å². The van der Waals surface area contributed by atoms with E-state index in [0.717, 1.165) is 10.0 Å². The van der Waals surface area contributed by atoms with E-state index in [-0.39, 0.29) is 12.6 Å². The molecule has 7 nitrogen and oxygen atoms in total. The van der Waals surface area contributed by atoms with Gasteiger partial charge in [-0.05, 0) is 29.3 Å². The second-order valence-electron chi connectivity index (χ2n) is 6.18. The van der Waals surface area contributed by atoms with Crippen molar-refractivity contribution in [2.45, 2.75) is 18.6 Å². The summed E-state index contributed by atoms with van der Waals surface area (Å²) in [4.78, 5) is 24.8. The van der Waals surface area contributed by atoms with E-state index in [4.69, 9.17) is 13.8 Å². The Hall–Kier alpha value is -1.99. The minimum atomic E-state index is -3.19. The van der Waals surface area contributed by atoms with Crippen LogP contribution in [0.2, 0.25) is 0 Å². The predicted octanol–water partition coefficient (Wildman–Crippen LogP) is 3.95. The summed E-state index contributed by atoms with van der Waals surface area (Å²) in [6, 6.07) is 13.1. The number of amides is 1. The zero-order chi connectivity index (χ0) is 21.4. The Labute approximate surface area is 178 Å². The lowest BCUT2D eigenvalue weighted by Crippen LogP contribution is -2.43. The van der Waals surface area contributed by atoms with Crippen molar-refractivity contribution in [3.05, 3.63) is 69.7 Å². The maximum absolute atomic E-state index is 12.6. The van der Waals surface area contributed by atoms with Gasteiger partial charge < -0.3 is 19.1 Å². The standard InChI is InChI=1S/C20H23BrNO6P/c1-26-20(24)18(12-16-6-4-5-7-17(16)21)22-19(23)15-10-8-14(9-11-15)13-29(25,27-2)28-3/h4-11,18H,12-13H2,1-3H3,(H,22,23)/t18-/m0/s1. The summed E-state index contributed by atoms with van der Waals surface area (Å²) in [5.41, 5.74) is 1.93. The summed E-state index contributed by atoms with van der Waals surface area (Å²) >= 11 is 3.44. The second-order valence-corrected chi connectivity index (χ2v) is 9.30. The Morgan fingerprint density at radius 1 is 1.03 bits per heavy atom. The quantitative estimate of drug-likeness (QED) is 0.428. The number of carbonyl (C=O) groups is 2. The number of esters is 1. The maximum Gasteiger partial charge on any atom is 0.334 e. The molecule has 0 unspecified atom stereocenters.